The van der Waals surface area contributed by atoms with Gasteiger partial charge in [0.15, 0.2) is 5.82 Å². The van der Waals surface area contributed by atoms with Crippen LogP contribution in [0.3, 0.4) is 0 Å². The summed E-state index contributed by atoms with van der Waals surface area (Å²) in [6, 6.07) is 0.378. The van der Waals surface area contributed by atoms with Crippen molar-refractivity contribution in [1.29, 1.82) is 0 Å². The maximum Gasteiger partial charge on any atom is 0.162 e. The number of hydrogen-bond donors (Lipinski definition) is 1. The van der Waals surface area contributed by atoms with Gasteiger partial charge in [-0.15, -0.1) is 5.10 Å². The molecule has 1 aliphatic rings. The number of anilines is 1. The van der Waals surface area contributed by atoms with Crippen molar-refractivity contribution in [3.8, 4) is 0 Å². The third-order valence-corrected chi connectivity index (χ3v) is 3.99. The maximum atomic E-state index is 5.89. The van der Waals surface area contributed by atoms with Crippen molar-refractivity contribution in [1.82, 2.24) is 15.1 Å². The molecule has 2 heterocycles. The van der Waals surface area contributed by atoms with Crippen LogP contribution < -0.4 is 10.6 Å². The van der Waals surface area contributed by atoms with Crippen LogP contribution in [0.5, 0.6) is 0 Å². The normalized spacial score (nSPS) is 20.6. The molecule has 0 bridgehead atoms. The second kappa shape index (κ2) is 5.38. The molecule has 0 aromatic carbocycles. The molecule has 1 atom stereocenters. The first kappa shape index (κ1) is 14.1. The van der Waals surface area contributed by atoms with Gasteiger partial charge in [-0.25, -0.2) is 0 Å². The number of piperazine rings is 1. The molecule has 19 heavy (non-hydrogen) atoms. The third-order valence-electron chi connectivity index (χ3n) is 3.79. The molecule has 1 unspecified atom stereocenters. The average molecular weight is 279 g/mol. The van der Waals surface area contributed by atoms with Gasteiger partial charge in [-0.2, -0.15) is 5.10 Å². The Kier molecular flexibility index (Phi) is 4.01. The number of likely N-dealkylation sites (N-methyl/N-ethyl adjacent to an activating group) is 1. The molecule has 2 rings (SSSR count). The lowest BCUT2D eigenvalue weighted by molar-refractivity contribution is 0.274. The summed E-state index contributed by atoms with van der Waals surface area (Å²) < 4.78 is 0. The fourth-order valence-corrected chi connectivity index (χ4v) is 2.79. The highest BCUT2D eigenvalue weighted by Gasteiger charge is 2.26. The zero-order valence-corrected chi connectivity index (χ0v) is 12.8. The molecule has 0 amide bonds. The van der Waals surface area contributed by atoms with Crippen LogP contribution in [0.25, 0.3) is 0 Å². The van der Waals surface area contributed by atoms with E-state index in [-0.39, 0.29) is 0 Å². The van der Waals surface area contributed by atoms with E-state index in [1.54, 1.807) is 0 Å². The number of thiocarbonyl (C=S) groups is 1. The standard InChI is InChI=1S/C13H21N5S/c1-8-7-17(4)5-6-18(8)13-11(12(14)19)9(2)10(3)15-16-13/h8H,5-7H2,1-4H3,(H2,14,19). The van der Waals surface area contributed by atoms with Crippen LogP contribution >= 0.6 is 12.2 Å². The van der Waals surface area contributed by atoms with Gasteiger partial charge in [-0.1, -0.05) is 12.2 Å². The summed E-state index contributed by atoms with van der Waals surface area (Å²) >= 11 is 5.20. The smallest absolute Gasteiger partial charge is 0.162 e. The summed E-state index contributed by atoms with van der Waals surface area (Å²) in [6.07, 6.45) is 0. The Morgan fingerprint density at radius 3 is 2.58 bits per heavy atom. The van der Waals surface area contributed by atoms with E-state index in [9.17, 15) is 0 Å². The lowest BCUT2D eigenvalue weighted by Crippen LogP contribution is -2.51. The molecule has 2 N–H and O–H groups in total. The van der Waals surface area contributed by atoms with Crippen LogP contribution in [-0.4, -0.2) is 52.8 Å². The van der Waals surface area contributed by atoms with Crippen LogP contribution in [0.4, 0.5) is 5.82 Å². The molecule has 0 radical (unpaired) electrons. The zero-order valence-electron chi connectivity index (χ0n) is 12.0. The maximum absolute atomic E-state index is 5.89. The van der Waals surface area contributed by atoms with Gasteiger partial charge in [0.05, 0.1) is 11.3 Å². The predicted molar refractivity (Wildman–Crippen MR) is 81.7 cm³/mol. The van der Waals surface area contributed by atoms with Gasteiger partial charge in [0.25, 0.3) is 0 Å². The van der Waals surface area contributed by atoms with Crippen LogP contribution in [0, 0.1) is 13.8 Å². The van der Waals surface area contributed by atoms with E-state index in [2.05, 4.69) is 34.0 Å². The molecule has 6 heteroatoms. The number of nitrogens with two attached hydrogens (primary N) is 1. The topological polar surface area (TPSA) is 58.3 Å². The summed E-state index contributed by atoms with van der Waals surface area (Å²) in [5, 5.41) is 8.58. The molecule has 1 aliphatic heterocycles. The SMILES string of the molecule is Cc1nnc(N2CCN(C)CC2C)c(C(N)=S)c1C. The van der Waals surface area contributed by atoms with E-state index >= 15 is 0 Å². The summed E-state index contributed by atoms with van der Waals surface area (Å²) in [7, 11) is 2.13. The van der Waals surface area contributed by atoms with Crippen molar-refractivity contribution >= 4 is 23.0 Å². The lowest BCUT2D eigenvalue weighted by atomic mass is 10.1. The largest absolute Gasteiger partial charge is 0.389 e. The summed E-state index contributed by atoms with van der Waals surface area (Å²) in [5.41, 5.74) is 8.68. The van der Waals surface area contributed by atoms with Gasteiger partial charge in [0, 0.05) is 25.7 Å². The van der Waals surface area contributed by atoms with E-state index in [4.69, 9.17) is 18.0 Å². The third kappa shape index (κ3) is 2.69. The van der Waals surface area contributed by atoms with Crippen LogP contribution in [0.1, 0.15) is 23.7 Å². The highest BCUT2D eigenvalue weighted by molar-refractivity contribution is 7.80. The molecule has 1 aromatic rings. The Morgan fingerprint density at radius 2 is 2.00 bits per heavy atom. The predicted octanol–water partition coefficient (Wildman–Crippen LogP) is 0.868. The molecule has 5 nitrogen and oxygen atoms in total. The highest BCUT2D eigenvalue weighted by Crippen LogP contribution is 2.25. The van der Waals surface area contributed by atoms with Crippen molar-refractivity contribution in [3.05, 3.63) is 16.8 Å². The highest BCUT2D eigenvalue weighted by atomic mass is 32.1. The Labute approximate surface area is 119 Å². The van der Waals surface area contributed by atoms with E-state index in [1.807, 2.05) is 13.8 Å². The van der Waals surface area contributed by atoms with Gasteiger partial charge in [-0.3, -0.25) is 0 Å². The number of hydrogen-bond acceptors (Lipinski definition) is 5. The van der Waals surface area contributed by atoms with E-state index in [1.165, 1.54) is 0 Å². The molecule has 0 saturated carbocycles. The Bertz CT molecular complexity index is 502. The van der Waals surface area contributed by atoms with Crippen molar-refractivity contribution in [3.63, 3.8) is 0 Å². The molecule has 1 fully saturated rings. The van der Waals surface area contributed by atoms with Crippen molar-refractivity contribution < 1.29 is 0 Å². The van der Waals surface area contributed by atoms with Gasteiger partial charge < -0.3 is 15.5 Å². The van der Waals surface area contributed by atoms with Crippen molar-refractivity contribution in [2.45, 2.75) is 26.8 Å². The lowest BCUT2D eigenvalue weighted by Gasteiger charge is -2.39. The minimum Gasteiger partial charge on any atom is -0.389 e. The van der Waals surface area contributed by atoms with Gasteiger partial charge in [0.2, 0.25) is 0 Å². The number of aromatic nitrogens is 2. The van der Waals surface area contributed by atoms with Crippen molar-refractivity contribution in [2.75, 3.05) is 31.6 Å². The van der Waals surface area contributed by atoms with Crippen LogP contribution in [0.2, 0.25) is 0 Å². The molecule has 0 aliphatic carbocycles. The minimum absolute atomic E-state index is 0.378. The molecule has 104 valence electrons. The average Bonchev–Trinajstić information content (AvgIpc) is 2.32. The monoisotopic (exact) mass is 279 g/mol. The van der Waals surface area contributed by atoms with Gasteiger partial charge in [-0.05, 0) is 33.4 Å². The number of aryl methyl sites for hydroxylation is 1. The fourth-order valence-electron chi connectivity index (χ4n) is 2.55. The van der Waals surface area contributed by atoms with Crippen LogP contribution in [0.15, 0.2) is 0 Å². The van der Waals surface area contributed by atoms with E-state index in [0.29, 0.717) is 11.0 Å². The van der Waals surface area contributed by atoms with E-state index in [0.717, 1.165) is 42.3 Å². The van der Waals surface area contributed by atoms with Crippen LogP contribution in [-0.2, 0) is 0 Å². The number of rotatable bonds is 2. The molecular weight excluding hydrogens is 258 g/mol. The van der Waals surface area contributed by atoms with Crippen molar-refractivity contribution in [2.24, 2.45) is 5.73 Å². The molecular formula is C13H21N5S. The molecule has 1 aromatic heterocycles. The Balaban J connectivity index is 2.45. The number of nitrogens with zero attached hydrogens (tertiary/aromatic N) is 4. The van der Waals surface area contributed by atoms with Gasteiger partial charge in [0.1, 0.15) is 4.99 Å². The van der Waals surface area contributed by atoms with E-state index < -0.39 is 0 Å². The minimum atomic E-state index is 0.378. The Hall–Kier alpha value is -1.27. The fraction of sp³-hybridized carbons (Fsp3) is 0.615. The van der Waals surface area contributed by atoms with Gasteiger partial charge >= 0.3 is 0 Å². The summed E-state index contributed by atoms with van der Waals surface area (Å²) in [6.45, 7) is 9.06. The first-order chi connectivity index (χ1) is 8.91. The second-order valence-corrected chi connectivity index (χ2v) is 5.72. The molecule has 0 spiro atoms. The first-order valence-corrected chi connectivity index (χ1v) is 6.91. The second-order valence-electron chi connectivity index (χ2n) is 5.28. The molecule has 1 saturated heterocycles. The Morgan fingerprint density at radius 1 is 1.32 bits per heavy atom. The summed E-state index contributed by atoms with van der Waals surface area (Å²) in [4.78, 5) is 4.97. The summed E-state index contributed by atoms with van der Waals surface area (Å²) in [5.74, 6) is 0.830. The first-order valence-electron chi connectivity index (χ1n) is 6.50. The quantitative estimate of drug-likeness (QED) is 0.811. The zero-order chi connectivity index (χ0) is 14.2.